The van der Waals surface area contributed by atoms with Gasteiger partial charge in [0.05, 0.1) is 10.6 Å². The second kappa shape index (κ2) is 6.87. The van der Waals surface area contributed by atoms with Gasteiger partial charge in [0.1, 0.15) is 4.90 Å². The molecule has 2 aromatic carbocycles. The van der Waals surface area contributed by atoms with Gasteiger partial charge >= 0.3 is 16.0 Å². The smallest absolute Gasteiger partial charge is 0.290 e. The molecule has 0 radical (unpaired) electrons. The maximum Gasteiger partial charge on any atom is 0.353 e. The molecule has 0 amide bonds. The second-order valence-electron chi connectivity index (χ2n) is 4.67. The average molecular weight is 348 g/mol. The highest BCUT2D eigenvalue weighted by Gasteiger charge is 2.14. The number of hydrogen-bond donors (Lipinski definition) is 3. The lowest BCUT2D eigenvalue weighted by Crippen LogP contribution is -2.80. The van der Waals surface area contributed by atoms with E-state index < -0.39 is 20.9 Å². The van der Waals surface area contributed by atoms with Crippen LogP contribution < -0.4 is 15.9 Å². The van der Waals surface area contributed by atoms with Gasteiger partial charge in [0, 0.05) is 18.3 Å². The van der Waals surface area contributed by atoms with Crippen LogP contribution in [-0.2, 0) is 10.0 Å². The lowest BCUT2D eigenvalue weighted by atomic mass is 10.2. The lowest BCUT2D eigenvalue weighted by molar-refractivity contribution is -0.384. The fourth-order valence-electron chi connectivity index (χ4n) is 1.79. The zero-order valence-electron chi connectivity index (χ0n) is 12.3. The van der Waals surface area contributed by atoms with E-state index in [9.17, 15) is 18.5 Å². The molecule has 0 aliphatic rings. The van der Waals surface area contributed by atoms with Crippen molar-refractivity contribution < 1.29 is 17.7 Å². The number of nitrogens with one attached hydrogen (secondary N) is 1. The van der Waals surface area contributed by atoms with Gasteiger partial charge in [-0.05, 0) is 29.8 Å². The number of benzene rings is 2. The van der Waals surface area contributed by atoms with Crippen molar-refractivity contribution in [3.8, 4) is 0 Å². The van der Waals surface area contributed by atoms with Gasteiger partial charge in [-0.25, -0.2) is 0 Å². The van der Waals surface area contributed by atoms with Crippen molar-refractivity contribution in [2.75, 3.05) is 0 Å². The molecule has 0 aliphatic heterocycles. The topological polar surface area (TPSA) is 156 Å². The number of non-ortho nitro benzene ring substituents is 1. The van der Waals surface area contributed by atoms with E-state index in [2.05, 4.69) is 4.99 Å². The van der Waals surface area contributed by atoms with Gasteiger partial charge in [-0.3, -0.25) is 26.6 Å². The summed E-state index contributed by atoms with van der Waals surface area (Å²) in [6.45, 7) is 0. The zero-order chi connectivity index (χ0) is 17.7. The van der Waals surface area contributed by atoms with Gasteiger partial charge in [-0.15, -0.1) is 0 Å². The predicted octanol–water partition coefficient (Wildman–Crippen LogP) is -0.612. The number of sulfonamides is 1. The molecule has 0 aromatic heterocycles. The van der Waals surface area contributed by atoms with Crippen LogP contribution in [0.15, 0.2) is 58.4 Å². The number of rotatable bonds is 5. The molecule has 24 heavy (non-hydrogen) atoms. The third kappa shape index (κ3) is 4.36. The van der Waals surface area contributed by atoms with Crippen LogP contribution >= 0.6 is 0 Å². The molecule has 9 nitrogen and oxygen atoms in total. The number of nitro groups is 1. The van der Waals surface area contributed by atoms with Crippen molar-refractivity contribution >= 4 is 33.6 Å². The van der Waals surface area contributed by atoms with Crippen molar-refractivity contribution in [1.82, 2.24) is 0 Å². The van der Waals surface area contributed by atoms with E-state index in [1.165, 1.54) is 42.6 Å². The van der Waals surface area contributed by atoms with E-state index in [-0.39, 0.29) is 10.6 Å². The molecule has 0 aliphatic carbocycles. The van der Waals surface area contributed by atoms with Gasteiger partial charge in [0.2, 0.25) is 0 Å². The molecule has 0 heterocycles. The van der Waals surface area contributed by atoms with Crippen molar-refractivity contribution in [1.29, 1.82) is 0 Å². The molecule has 0 atom stereocenters. The molecule has 0 bridgehead atoms. The SMILES string of the molecule is NC(N)=[NH+]S(=O)(=O)c1ccc(N=Cc2cccc([N+](=O)[O-])c2)cc1. The average Bonchev–Trinajstić information content (AvgIpc) is 2.52. The summed E-state index contributed by atoms with van der Waals surface area (Å²) in [6, 6.07) is 11.6. The lowest BCUT2D eigenvalue weighted by Gasteiger charge is -1.99. The number of hydrogen-bond acceptors (Lipinski definition) is 5. The van der Waals surface area contributed by atoms with Crippen LogP contribution in [0.5, 0.6) is 0 Å². The number of nitro benzene ring substituents is 1. The summed E-state index contributed by atoms with van der Waals surface area (Å²) in [6.07, 6.45) is 1.44. The van der Waals surface area contributed by atoms with E-state index in [0.29, 0.717) is 11.3 Å². The summed E-state index contributed by atoms with van der Waals surface area (Å²) in [5, 5.41) is 10.7. The van der Waals surface area contributed by atoms with Crippen LogP contribution in [-0.4, -0.2) is 25.5 Å². The highest BCUT2D eigenvalue weighted by atomic mass is 32.2. The normalized spacial score (nSPS) is 11.3. The molecule has 2 rings (SSSR count). The minimum absolute atomic E-state index is 0.0230. The monoisotopic (exact) mass is 348 g/mol. The van der Waals surface area contributed by atoms with Crippen LogP contribution in [0.3, 0.4) is 0 Å². The third-order valence-electron chi connectivity index (χ3n) is 2.84. The fraction of sp³-hybridized carbons (Fsp3) is 0. The molecule has 5 N–H and O–H groups in total. The molecule has 0 saturated heterocycles. The highest BCUT2D eigenvalue weighted by Crippen LogP contribution is 2.16. The fourth-order valence-corrected chi connectivity index (χ4v) is 2.72. The van der Waals surface area contributed by atoms with Crippen molar-refractivity contribution in [3.63, 3.8) is 0 Å². The minimum atomic E-state index is -3.82. The van der Waals surface area contributed by atoms with Crippen LogP contribution in [0.1, 0.15) is 5.56 Å². The Labute approximate surface area is 137 Å². The van der Waals surface area contributed by atoms with E-state index in [0.717, 1.165) is 0 Å². The first-order valence-corrected chi connectivity index (χ1v) is 8.05. The molecule has 2 aromatic rings. The Morgan fingerprint density at radius 3 is 2.42 bits per heavy atom. The second-order valence-corrected chi connectivity index (χ2v) is 6.35. The van der Waals surface area contributed by atoms with Crippen molar-refractivity contribution in [3.05, 3.63) is 64.2 Å². The summed E-state index contributed by atoms with van der Waals surface area (Å²) in [4.78, 5) is 14.3. The summed E-state index contributed by atoms with van der Waals surface area (Å²) >= 11 is 0. The van der Waals surface area contributed by atoms with Crippen LogP contribution in [0, 0.1) is 10.1 Å². The Kier molecular flexibility index (Phi) is 4.90. The first kappa shape index (κ1) is 17.1. The molecule has 0 saturated carbocycles. The first-order chi connectivity index (χ1) is 11.3. The predicted molar refractivity (Wildman–Crippen MR) is 88.3 cm³/mol. The Morgan fingerprint density at radius 1 is 1.17 bits per heavy atom. The maximum absolute atomic E-state index is 11.8. The van der Waals surface area contributed by atoms with Gasteiger partial charge < -0.3 is 0 Å². The first-order valence-electron chi connectivity index (χ1n) is 6.57. The summed E-state index contributed by atoms with van der Waals surface area (Å²) in [5.74, 6) is -0.428. The molecule has 10 heteroatoms. The Balaban J connectivity index is 2.22. The van der Waals surface area contributed by atoms with Crippen molar-refractivity contribution in [2.45, 2.75) is 4.90 Å². The van der Waals surface area contributed by atoms with Crippen molar-refractivity contribution in [2.24, 2.45) is 16.5 Å². The zero-order valence-corrected chi connectivity index (χ0v) is 13.1. The van der Waals surface area contributed by atoms with E-state index in [1.54, 1.807) is 12.1 Å². The van der Waals surface area contributed by atoms with E-state index >= 15 is 0 Å². The Morgan fingerprint density at radius 2 is 1.83 bits per heavy atom. The number of guanidine groups is 1. The highest BCUT2D eigenvalue weighted by molar-refractivity contribution is 7.84. The van der Waals surface area contributed by atoms with Gasteiger partial charge in [-0.2, -0.15) is 12.8 Å². The molecule has 0 unspecified atom stereocenters. The summed E-state index contributed by atoms with van der Waals surface area (Å²) in [7, 11) is -3.82. The van der Waals surface area contributed by atoms with Crippen LogP contribution in [0.25, 0.3) is 0 Å². The molecular formula is C14H14N5O4S+. The van der Waals surface area contributed by atoms with Crippen LogP contribution in [0.4, 0.5) is 11.4 Å². The van der Waals surface area contributed by atoms with Gasteiger partial charge in [-0.1, -0.05) is 12.1 Å². The van der Waals surface area contributed by atoms with Crippen LogP contribution in [0.2, 0.25) is 0 Å². The number of aliphatic imine (C=N–C) groups is 1. The van der Waals surface area contributed by atoms with Gasteiger partial charge in [0.15, 0.2) is 0 Å². The molecule has 124 valence electrons. The Hall–Kier alpha value is -3.27. The summed E-state index contributed by atoms with van der Waals surface area (Å²) < 4.78 is 25.7. The number of nitrogens with zero attached hydrogens (tertiary/aromatic N) is 2. The Bertz CT molecular complexity index is 916. The quantitative estimate of drug-likeness (QED) is 0.283. The van der Waals surface area contributed by atoms with Gasteiger partial charge in [0.25, 0.3) is 5.69 Å². The van der Waals surface area contributed by atoms with E-state index in [1.807, 2.05) is 4.40 Å². The van der Waals surface area contributed by atoms with E-state index in [4.69, 9.17) is 11.5 Å². The molecule has 0 fully saturated rings. The largest absolute Gasteiger partial charge is 0.353 e. The maximum atomic E-state index is 11.8. The third-order valence-corrected chi connectivity index (χ3v) is 4.24. The number of nitrogens with two attached hydrogens (primary N) is 2. The standard InChI is InChI=1S/C14H13N5O4S/c15-14(16)18-24(22,23)13-6-4-11(5-7-13)17-9-10-2-1-3-12(8-10)19(20)21/h1-9H,(H4,15,16,18)/p+1. The molecule has 0 spiro atoms. The molecular weight excluding hydrogens is 334 g/mol. The minimum Gasteiger partial charge on any atom is -0.290 e. The summed E-state index contributed by atoms with van der Waals surface area (Å²) in [5.41, 5.74) is 11.2.